The van der Waals surface area contributed by atoms with Gasteiger partial charge in [-0.1, -0.05) is 18.2 Å². The van der Waals surface area contributed by atoms with E-state index in [0.29, 0.717) is 22.6 Å². The summed E-state index contributed by atoms with van der Waals surface area (Å²) in [7, 11) is 0. The highest BCUT2D eigenvalue weighted by molar-refractivity contribution is 5.94. The van der Waals surface area contributed by atoms with Crippen LogP contribution in [0.1, 0.15) is 22.8 Å². The molecule has 0 spiro atoms. The van der Waals surface area contributed by atoms with Crippen molar-refractivity contribution in [1.82, 2.24) is 0 Å². The molecule has 0 bridgehead atoms. The first-order valence-electron chi connectivity index (χ1n) is 6.75. The quantitative estimate of drug-likeness (QED) is 0.862. The van der Waals surface area contributed by atoms with Gasteiger partial charge in [-0.25, -0.2) is 4.39 Å². The van der Waals surface area contributed by atoms with E-state index in [1.165, 1.54) is 13.0 Å². The zero-order valence-electron chi connectivity index (χ0n) is 12.4. The Morgan fingerprint density at radius 1 is 1.18 bits per heavy atom. The molecule has 0 atom stereocenters. The van der Waals surface area contributed by atoms with Gasteiger partial charge in [-0.3, -0.25) is 9.59 Å². The van der Waals surface area contributed by atoms with Gasteiger partial charge in [0.05, 0.1) is 0 Å². The molecule has 0 heterocycles. The van der Waals surface area contributed by atoms with Gasteiger partial charge in [-0.2, -0.15) is 0 Å². The zero-order chi connectivity index (χ0) is 16.1. The SMILES string of the molecule is CC(=O)c1cccc(OCC(=O)Nc2ccc(C)c(F)c2)c1. The number of carbonyl (C=O) groups is 2. The largest absolute Gasteiger partial charge is 0.484 e. The maximum Gasteiger partial charge on any atom is 0.262 e. The van der Waals surface area contributed by atoms with Gasteiger partial charge in [0.15, 0.2) is 12.4 Å². The third-order valence-corrected chi connectivity index (χ3v) is 3.07. The molecule has 0 saturated carbocycles. The predicted molar refractivity (Wildman–Crippen MR) is 81.7 cm³/mol. The molecule has 2 aromatic carbocycles. The molecule has 0 fully saturated rings. The third kappa shape index (κ3) is 4.15. The molecular formula is C17H16FNO3. The van der Waals surface area contributed by atoms with Crippen LogP contribution in [0.4, 0.5) is 10.1 Å². The molecule has 2 aromatic rings. The summed E-state index contributed by atoms with van der Waals surface area (Å²) in [6, 6.07) is 11.0. The summed E-state index contributed by atoms with van der Waals surface area (Å²) in [5, 5.41) is 2.55. The minimum atomic E-state index is -0.406. The van der Waals surface area contributed by atoms with Gasteiger partial charge in [0.1, 0.15) is 11.6 Å². The van der Waals surface area contributed by atoms with Crippen LogP contribution in [0, 0.1) is 12.7 Å². The second kappa shape index (κ2) is 6.85. The summed E-state index contributed by atoms with van der Waals surface area (Å²) in [5.74, 6) is -0.438. The van der Waals surface area contributed by atoms with E-state index >= 15 is 0 Å². The topological polar surface area (TPSA) is 55.4 Å². The van der Waals surface area contributed by atoms with E-state index in [1.807, 2.05) is 0 Å². The maximum atomic E-state index is 13.4. The zero-order valence-corrected chi connectivity index (χ0v) is 12.4. The number of halogens is 1. The number of ether oxygens (including phenoxy) is 1. The van der Waals surface area contributed by atoms with E-state index in [1.54, 1.807) is 43.3 Å². The van der Waals surface area contributed by atoms with Gasteiger partial charge >= 0.3 is 0 Å². The van der Waals surface area contributed by atoms with Crippen LogP contribution in [-0.2, 0) is 4.79 Å². The second-order valence-electron chi connectivity index (χ2n) is 4.88. The number of nitrogens with one attached hydrogen (secondary N) is 1. The lowest BCUT2D eigenvalue weighted by Crippen LogP contribution is -2.20. The number of aryl methyl sites for hydroxylation is 1. The Labute approximate surface area is 127 Å². The minimum Gasteiger partial charge on any atom is -0.484 e. The average molecular weight is 301 g/mol. The van der Waals surface area contributed by atoms with Crippen molar-refractivity contribution in [2.45, 2.75) is 13.8 Å². The number of rotatable bonds is 5. The lowest BCUT2D eigenvalue weighted by atomic mass is 10.1. The Bertz CT molecular complexity index is 713. The van der Waals surface area contributed by atoms with Crippen LogP contribution in [0.2, 0.25) is 0 Å². The van der Waals surface area contributed by atoms with E-state index in [0.717, 1.165) is 0 Å². The van der Waals surface area contributed by atoms with Crippen LogP contribution in [0.3, 0.4) is 0 Å². The molecule has 0 aliphatic rings. The van der Waals surface area contributed by atoms with Gasteiger partial charge in [0, 0.05) is 11.3 Å². The van der Waals surface area contributed by atoms with E-state index in [9.17, 15) is 14.0 Å². The molecule has 1 amide bonds. The van der Waals surface area contributed by atoms with Crippen molar-refractivity contribution in [1.29, 1.82) is 0 Å². The lowest BCUT2D eigenvalue weighted by Gasteiger charge is -2.09. The third-order valence-electron chi connectivity index (χ3n) is 3.07. The molecule has 0 aliphatic heterocycles. The highest BCUT2D eigenvalue weighted by Crippen LogP contribution is 2.15. The molecule has 4 nitrogen and oxygen atoms in total. The summed E-state index contributed by atoms with van der Waals surface area (Å²) in [6.45, 7) is 2.88. The number of hydrogen-bond donors (Lipinski definition) is 1. The monoisotopic (exact) mass is 301 g/mol. The Balaban J connectivity index is 1.94. The summed E-state index contributed by atoms with van der Waals surface area (Å²) in [6.07, 6.45) is 0. The Kier molecular flexibility index (Phi) is 4.88. The van der Waals surface area contributed by atoms with Crippen LogP contribution in [0.15, 0.2) is 42.5 Å². The van der Waals surface area contributed by atoms with E-state index in [-0.39, 0.29) is 18.2 Å². The Morgan fingerprint density at radius 3 is 2.64 bits per heavy atom. The van der Waals surface area contributed by atoms with Crippen LogP contribution in [0.5, 0.6) is 5.75 Å². The Hall–Kier alpha value is -2.69. The molecule has 0 aliphatic carbocycles. The first-order valence-corrected chi connectivity index (χ1v) is 6.75. The van der Waals surface area contributed by atoms with Crippen molar-refractivity contribution in [3.05, 3.63) is 59.4 Å². The van der Waals surface area contributed by atoms with Crippen molar-refractivity contribution in [3.63, 3.8) is 0 Å². The fourth-order valence-corrected chi connectivity index (χ4v) is 1.82. The molecule has 0 radical (unpaired) electrons. The number of ketones is 1. The minimum absolute atomic E-state index is 0.0787. The maximum absolute atomic E-state index is 13.4. The number of amides is 1. The average Bonchev–Trinajstić information content (AvgIpc) is 2.49. The number of hydrogen-bond acceptors (Lipinski definition) is 3. The highest BCUT2D eigenvalue weighted by atomic mass is 19.1. The summed E-state index contributed by atoms with van der Waals surface area (Å²) in [4.78, 5) is 23.0. The molecule has 5 heteroatoms. The molecular weight excluding hydrogens is 285 g/mol. The smallest absolute Gasteiger partial charge is 0.262 e. The van der Waals surface area contributed by atoms with Crippen LogP contribution in [-0.4, -0.2) is 18.3 Å². The fraction of sp³-hybridized carbons (Fsp3) is 0.176. The predicted octanol–water partition coefficient (Wildman–Crippen LogP) is 3.35. The second-order valence-corrected chi connectivity index (χ2v) is 4.88. The van der Waals surface area contributed by atoms with Crippen LogP contribution < -0.4 is 10.1 Å². The Morgan fingerprint density at radius 2 is 1.95 bits per heavy atom. The van der Waals surface area contributed by atoms with Gasteiger partial charge in [0.2, 0.25) is 0 Å². The number of anilines is 1. The molecule has 0 aromatic heterocycles. The summed E-state index contributed by atoms with van der Waals surface area (Å²) >= 11 is 0. The molecule has 1 N–H and O–H groups in total. The molecule has 22 heavy (non-hydrogen) atoms. The van der Waals surface area contributed by atoms with Crippen molar-refractivity contribution >= 4 is 17.4 Å². The van der Waals surface area contributed by atoms with Crippen molar-refractivity contribution in [2.75, 3.05) is 11.9 Å². The van der Waals surface area contributed by atoms with Crippen molar-refractivity contribution in [3.8, 4) is 5.75 Å². The van der Waals surface area contributed by atoms with Crippen LogP contribution in [0.25, 0.3) is 0 Å². The van der Waals surface area contributed by atoms with Crippen LogP contribution >= 0.6 is 0 Å². The molecule has 114 valence electrons. The van der Waals surface area contributed by atoms with E-state index in [4.69, 9.17) is 4.74 Å². The first kappa shape index (κ1) is 15.7. The first-order chi connectivity index (χ1) is 10.5. The highest BCUT2D eigenvalue weighted by Gasteiger charge is 2.07. The van der Waals surface area contributed by atoms with Crippen molar-refractivity contribution < 1.29 is 18.7 Å². The number of Topliss-reactive ketones (excluding diaryl/α,β-unsaturated/α-hetero) is 1. The fourth-order valence-electron chi connectivity index (χ4n) is 1.82. The lowest BCUT2D eigenvalue weighted by molar-refractivity contribution is -0.118. The van der Waals surface area contributed by atoms with E-state index in [2.05, 4.69) is 5.32 Å². The number of benzene rings is 2. The van der Waals surface area contributed by atoms with Crippen molar-refractivity contribution in [2.24, 2.45) is 0 Å². The molecule has 0 unspecified atom stereocenters. The van der Waals surface area contributed by atoms with E-state index < -0.39 is 5.91 Å². The summed E-state index contributed by atoms with van der Waals surface area (Å²) < 4.78 is 18.7. The number of carbonyl (C=O) groups excluding carboxylic acids is 2. The molecule has 2 rings (SSSR count). The van der Waals surface area contributed by atoms with Gasteiger partial charge in [-0.05, 0) is 43.7 Å². The van der Waals surface area contributed by atoms with Gasteiger partial charge in [0.25, 0.3) is 5.91 Å². The summed E-state index contributed by atoms with van der Waals surface area (Å²) in [5.41, 5.74) is 1.39. The normalized spacial score (nSPS) is 10.1. The van der Waals surface area contributed by atoms with Gasteiger partial charge < -0.3 is 10.1 Å². The molecule has 0 saturated heterocycles. The van der Waals surface area contributed by atoms with Gasteiger partial charge in [-0.15, -0.1) is 0 Å². The standard InChI is InChI=1S/C17H16FNO3/c1-11-6-7-14(9-16(11)18)19-17(21)10-22-15-5-3-4-13(8-15)12(2)20/h3-9H,10H2,1-2H3,(H,19,21).